The molecule has 8 heteroatoms. The lowest BCUT2D eigenvalue weighted by Crippen LogP contribution is -2.57. The van der Waals surface area contributed by atoms with Crippen LogP contribution in [0.15, 0.2) is 24.4 Å². The number of hydrogen-bond acceptors (Lipinski definition) is 4. The average molecular weight is 557 g/mol. The minimum absolute atomic E-state index is 0.00237. The van der Waals surface area contributed by atoms with Crippen LogP contribution in [-0.4, -0.2) is 69.6 Å². The highest BCUT2D eigenvalue weighted by atomic mass is 19.1. The third-order valence-corrected chi connectivity index (χ3v) is 8.59. The maximum Gasteiger partial charge on any atom is 0.408 e. The highest BCUT2D eigenvalue weighted by Gasteiger charge is 2.54. The predicted molar refractivity (Wildman–Crippen MR) is 158 cm³/mol. The second-order valence-corrected chi connectivity index (χ2v) is 13.5. The molecule has 3 aliphatic rings. The number of carbonyl (C=O) groups is 2. The molecule has 3 heterocycles. The number of aromatic amines is 1. The molecule has 40 heavy (non-hydrogen) atoms. The molecule has 4 atom stereocenters. The summed E-state index contributed by atoms with van der Waals surface area (Å²) in [7, 11) is 0. The predicted octanol–water partition coefficient (Wildman–Crippen LogP) is 6.58. The number of hydrogen-bond donors (Lipinski definition) is 2. The maximum atomic E-state index is 14.3. The third-order valence-electron chi connectivity index (χ3n) is 8.59. The van der Waals surface area contributed by atoms with Crippen LogP contribution in [0.5, 0.6) is 0 Å². The van der Waals surface area contributed by atoms with Crippen molar-refractivity contribution in [3.8, 4) is 0 Å². The Morgan fingerprint density at radius 3 is 2.38 bits per heavy atom. The van der Waals surface area contributed by atoms with Gasteiger partial charge >= 0.3 is 6.09 Å². The van der Waals surface area contributed by atoms with Crippen molar-refractivity contribution in [1.82, 2.24) is 20.1 Å². The summed E-state index contributed by atoms with van der Waals surface area (Å²) in [6.07, 6.45) is 7.26. The number of nitrogens with one attached hydrogen (secondary N) is 2. The summed E-state index contributed by atoms with van der Waals surface area (Å²) in [5.41, 5.74) is 0.777. The highest BCUT2D eigenvalue weighted by Crippen LogP contribution is 2.46. The minimum Gasteiger partial charge on any atom is -0.444 e. The fourth-order valence-electron chi connectivity index (χ4n) is 6.98. The van der Waals surface area contributed by atoms with Gasteiger partial charge in [0.2, 0.25) is 5.91 Å². The Hall–Kier alpha value is -2.61. The van der Waals surface area contributed by atoms with Crippen LogP contribution in [-0.2, 0) is 9.53 Å². The number of fused-ring (bicyclic) bond motifs is 2. The van der Waals surface area contributed by atoms with Gasteiger partial charge in [-0.2, -0.15) is 0 Å². The van der Waals surface area contributed by atoms with Gasteiger partial charge in [0.05, 0.1) is 6.04 Å². The lowest BCUT2D eigenvalue weighted by Gasteiger charge is -2.37. The number of rotatable bonds is 4. The van der Waals surface area contributed by atoms with Crippen LogP contribution in [0.3, 0.4) is 0 Å². The lowest BCUT2D eigenvalue weighted by atomic mass is 9.85. The first-order valence-electron chi connectivity index (χ1n) is 15.2. The van der Waals surface area contributed by atoms with Gasteiger partial charge in [0.1, 0.15) is 17.5 Å². The molecule has 3 fully saturated rings. The molecule has 4 unspecified atom stereocenters. The van der Waals surface area contributed by atoms with Crippen molar-refractivity contribution in [1.29, 1.82) is 0 Å². The number of halogens is 1. The largest absolute Gasteiger partial charge is 0.444 e. The number of aromatic nitrogens is 1. The van der Waals surface area contributed by atoms with E-state index in [0.717, 1.165) is 29.4 Å². The number of nitrogens with zero attached hydrogens (tertiary/aromatic N) is 2. The molecule has 5 rings (SSSR count). The Morgan fingerprint density at radius 2 is 1.75 bits per heavy atom. The fraction of sp³-hybridized carbons (Fsp3) is 0.688. The standard InChI is InChI=1S/C30H43FN4O3.C2H6/c1-29(2,3)26(33-28(37)38-30(4,5)6)27(36)34-14-13-24-25(34)22(17-35(24)19-9-7-8-10-19)21-16-32-23-15-18(31)11-12-20(21)23;1-2/h11-12,15-16,19,22,24-26,32H,7-10,13-14,17H2,1-6H3,(H,33,37);1-2H3. The van der Waals surface area contributed by atoms with Crippen LogP contribution in [0.25, 0.3) is 10.9 Å². The summed E-state index contributed by atoms with van der Waals surface area (Å²) in [4.78, 5) is 35.0. The molecular weight excluding hydrogens is 507 g/mol. The van der Waals surface area contributed by atoms with Crippen LogP contribution in [0, 0.1) is 11.2 Å². The Balaban J connectivity index is 0.00000181. The van der Waals surface area contributed by atoms with E-state index in [1.807, 2.05) is 72.6 Å². The summed E-state index contributed by atoms with van der Waals surface area (Å²) in [5, 5.41) is 3.92. The Labute approximate surface area is 239 Å². The molecule has 0 bridgehead atoms. The smallest absolute Gasteiger partial charge is 0.408 e. The van der Waals surface area contributed by atoms with Crippen molar-refractivity contribution in [3.63, 3.8) is 0 Å². The first-order chi connectivity index (χ1) is 18.8. The summed E-state index contributed by atoms with van der Waals surface area (Å²) in [6, 6.07) is 5.01. The topological polar surface area (TPSA) is 77.7 Å². The SMILES string of the molecule is CC.CC(C)(C)OC(=O)NC(C(=O)N1CCC2C1C(c1c[nH]c3cc(F)ccc13)CN2C1CCCC1)C(C)(C)C. The average Bonchev–Trinajstić information content (AvgIpc) is 3.65. The molecular formula is C32H49FN4O3. The van der Waals surface area contributed by atoms with E-state index in [4.69, 9.17) is 4.74 Å². The molecule has 1 aliphatic carbocycles. The van der Waals surface area contributed by atoms with Crippen LogP contribution < -0.4 is 5.32 Å². The minimum atomic E-state index is -0.714. The summed E-state index contributed by atoms with van der Waals surface area (Å²) in [6.45, 7) is 16.9. The van der Waals surface area contributed by atoms with Crippen LogP contribution >= 0.6 is 0 Å². The van der Waals surface area contributed by atoms with Crippen molar-refractivity contribution in [2.45, 2.75) is 123 Å². The van der Waals surface area contributed by atoms with E-state index in [9.17, 15) is 14.0 Å². The number of carbonyl (C=O) groups excluding carboxylic acids is 2. The zero-order valence-electron chi connectivity index (χ0n) is 25.6. The summed E-state index contributed by atoms with van der Waals surface area (Å²) >= 11 is 0. The molecule has 222 valence electrons. The van der Waals surface area contributed by atoms with Gasteiger partial charge in [0, 0.05) is 48.2 Å². The van der Waals surface area contributed by atoms with Gasteiger partial charge in [-0.3, -0.25) is 9.69 Å². The number of benzene rings is 1. The van der Waals surface area contributed by atoms with Crippen LogP contribution in [0.2, 0.25) is 0 Å². The third kappa shape index (κ3) is 6.17. The maximum absolute atomic E-state index is 14.3. The summed E-state index contributed by atoms with van der Waals surface area (Å²) in [5.74, 6) is -0.213. The lowest BCUT2D eigenvalue weighted by molar-refractivity contribution is -0.137. The van der Waals surface area contributed by atoms with Gasteiger partial charge < -0.3 is 19.9 Å². The van der Waals surface area contributed by atoms with E-state index in [1.54, 1.807) is 0 Å². The monoisotopic (exact) mass is 556 g/mol. The highest BCUT2D eigenvalue weighted by molar-refractivity contribution is 5.88. The first kappa shape index (κ1) is 30.4. The van der Waals surface area contributed by atoms with E-state index in [2.05, 4.69) is 15.2 Å². The second-order valence-electron chi connectivity index (χ2n) is 13.5. The first-order valence-corrected chi connectivity index (χ1v) is 15.2. The molecule has 0 spiro atoms. The van der Waals surface area contributed by atoms with Crippen molar-refractivity contribution in [3.05, 3.63) is 35.8 Å². The van der Waals surface area contributed by atoms with Crippen LogP contribution in [0.4, 0.5) is 9.18 Å². The number of ether oxygens (including phenoxy) is 1. The van der Waals surface area contributed by atoms with Gasteiger partial charge in [-0.15, -0.1) is 0 Å². The van der Waals surface area contributed by atoms with E-state index < -0.39 is 23.2 Å². The van der Waals surface area contributed by atoms with Crippen LogP contribution in [0.1, 0.15) is 99.0 Å². The van der Waals surface area contributed by atoms with E-state index in [0.29, 0.717) is 12.6 Å². The Morgan fingerprint density at radius 1 is 1.07 bits per heavy atom. The van der Waals surface area contributed by atoms with Crippen molar-refractivity contribution in [2.24, 2.45) is 5.41 Å². The number of alkyl carbamates (subject to hydrolysis) is 1. The molecule has 1 aromatic heterocycles. The van der Waals surface area contributed by atoms with Crippen molar-refractivity contribution in [2.75, 3.05) is 13.1 Å². The fourth-order valence-corrected chi connectivity index (χ4v) is 6.98. The number of likely N-dealkylation sites (tertiary alicyclic amines) is 2. The number of amides is 2. The van der Waals surface area contributed by atoms with E-state index >= 15 is 0 Å². The van der Waals surface area contributed by atoms with Gasteiger partial charge in [-0.05, 0) is 69.2 Å². The van der Waals surface area contributed by atoms with E-state index in [-0.39, 0.29) is 29.7 Å². The zero-order valence-corrected chi connectivity index (χ0v) is 25.6. The second kappa shape index (κ2) is 11.7. The Kier molecular flexibility index (Phi) is 8.88. The molecule has 1 aromatic carbocycles. The molecule has 2 saturated heterocycles. The molecule has 2 aromatic rings. The Bertz CT molecular complexity index is 1190. The van der Waals surface area contributed by atoms with Crippen molar-refractivity contribution >= 4 is 22.9 Å². The normalized spacial score (nSPS) is 24.5. The zero-order chi connectivity index (χ0) is 29.4. The van der Waals surface area contributed by atoms with E-state index in [1.165, 1.54) is 37.8 Å². The summed E-state index contributed by atoms with van der Waals surface area (Å²) < 4.78 is 19.5. The van der Waals surface area contributed by atoms with Crippen molar-refractivity contribution < 1.29 is 18.7 Å². The molecule has 1 saturated carbocycles. The van der Waals surface area contributed by atoms with Gasteiger partial charge in [0.15, 0.2) is 0 Å². The molecule has 2 aliphatic heterocycles. The molecule has 0 radical (unpaired) electrons. The molecule has 2 amide bonds. The molecule has 2 N–H and O–H groups in total. The van der Waals surface area contributed by atoms with Gasteiger partial charge in [-0.1, -0.05) is 47.5 Å². The van der Waals surface area contributed by atoms with Gasteiger partial charge in [0.25, 0.3) is 0 Å². The quantitative estimate of drug-likeness (QED) is 0.446. The van der Waals surface area contributed by atoms with Gasteiger partial charge in [-0.25, -0.2) is 9.18 Å². The molecule has 7 nitrogen and oxygen atoms in total. The number of H-pyrrole nitrogens is 1.